The molecular formula is C14H19NO3. The number of likely N-dealkylation sites (tertiary alicyclic amines) is 1. The molecule has 1 fully saturated rings. The summed E-state index contributed by atoms with van der Waals surface area (Å²) in [5.41, 5.74) is 1.27. The first-order valence-electron chi connectivity index (χ1n) is 6.15. The number of ether oxygens (including phenoxy) is 2. The van der Waals surface area contributed by atoms with Crippen molar-refractivity contribution in [2.45, 2.75) is 12.3 Å². The third-order valence-electron chi connectivity index (χ3n) is 3.40. The molecule has 18 heavy (non-hydrogen) atoms. The average molecular weight is 249 g/mol. The predicted molar refractivity (Wildman–Crippen MR) is 68.8 cm³/mol. The second-order valence-electron chi connectivity index (χ2n) is 4.53. The normalized spacial score (nSPS) is 19.0. The molecule has 1 amide bonds. The lowest BCUT2D eigenvalue weighted by Gasteiger charge is -2.16. The highest BCUT2D eigenvalue weighted by atomic mass is 16.5. The Balaban J connectivity index is 1.97. The molecule has 0 N–H and O–H groups in total. The Morgan fingerprint density at radius 1 is 1.33 bits per heavy atom. The van der Waals surface area contributed by atoms with Gasteiger partial charge in [-0.1, -0.05) is 12.1 Å². The number of carbonyl (C=O) groups is 1. The second-order valence-corrected chi connectivity index (χ2v) is 4.53. The topological polar surface area (TPSA) is 38.8 Å². The van der Waals surface area contributed by atoms with Crippen LogP contribution >= 0.6 is 0 Å². The van der Waals surface area contributed by atoms with E-state index in [1.54, 1.807) is 14.2 Å². The molecular weight excluding hydrogens is 230 g/mol. The van der Waals surface area contributed by atoms with Crippen LogP contribution in [0.3, 0.4) is 0 Å². The van der Waals surface area contributed by atoms with E-state index >= 15 is 0 Å². The van der Waals surface area contributed by atoms with E-state index in [0.29, 0.717) is 5.92 Å². The van der Waals surface area contributed by atoms with E-state index in [1.807, 2.05) is 17.0 Å². The Kier molecular flexibility index (Phi) is 4.20. The first-order chi connectivity index (χ1) is 8.74. The lowest BCUT2D eigenvalue weighted by molar-refractivity contribution is -0.134. The highest BCUT2D eigenvalue weighted by molar-refractivity contribution is 5.77. The molecule has 0 saturated carbocycles. The van der Waals surface area contributed by atoms with Crippen molar-refractivity contribution < 1.29 is 14.3 Å². The first kappa shape index (κ1) is 12.9. The fourth-order valence-corrected chi connectivity index (χ4v) is 2.35. The van der Waals surface area contributed by atoms with Crippen molar-refractivity contribution in [3.63, 3.8) is 0 Å². The van der Waals surface area contributed by atoms with Gasteiger partial charge in [0.1, 0.15) is 12.4 Å². The summed E-state index contributed by atoms with van der Waals surface area (Å²) < 4.78 is 10.0. The van der Waals surface area contributed by atoms with Gasteiger partial charge < -0.3 is 14.4 Å². The van der Waals surface area contributed by atoms with Crippen molar-refractivity contribution >= 4 is 5.91 Å². The molecule has 1 atom stereocenters. The zero-order valence-electron chi connectivity index (χ0n) is 10.9. The molecule has 1 aromatic rings. The van der Waals surface area contributed by atoms with Crippen molar-refractivity contribution in [3.05, 3.63) is 29.8 Å². The number of nitrogens with zero attached hydrogens (tertiary/aromatic N) is 1. The van der Waals surface area contributed by atoms with Crippen molar-refractivity contribution in [3.8, 4) is 5.75 Å². The van der Waals surface area contributed by atoms with Crippen LogP contribution in [-0.4, -0.2) is 44.7 Å². The maximum Gasteiger partial charge on any atom is 0.248 e. The monoisotopic (exact) mass is 249 g/mol. The highest BCUT2D eigenvalue weighted by Gasteiger charge is 2.26. The van der Waals surface area contributed by atoms with E-state index in [1.165, 1.54) is 5.56 Å². The van der Waals surface area contributed by atoms with Gasteiger partial charge >= 0.3 is 0 Å². The van der Waals surface area contributed by atoms with Crippen LogP contribution in [-0.2, 0) is 9.53 Å². The molecule has 4 nitrogen and oxygen atoms in total. The first-order valence-corrected chi connectivity index (χ1v) is 6.15. The van der Waals surface area contributed by atoms with Crippen LogP contribution in [0.15, 0.2) is 24.3 Å². The fraction of sp³-hybridized carbons (Fsp3) is 0.500. The van der Waals surface area contributed by atoms with Gasteiger partial charge in [-0.15, -0.1) is 0 Å². The molecule has 0 aromatic heterocycles. The number of methoxy groups -OCH3 is 2. The van der Waals surface area contributed by atoms with Gasteiger partial charge in [0.05, 0.1) is 7.11 Å². The van der Waals surface area contributed by atoms with E-state index in [9.17, 15) is 4.79 Å². The third kappa shape index (κ3) is 2.82. The van der Waals surface area contributed by atoms with Crippen LogP contribution < -0.4 is 4.74 Å². The third-order valence-corrected chi connectivity index (χ3v) is 3.40. The molecule has 2 rings (SSSR count). The Bertz CT molecular complexity index is 402. The van der Waals surface area contributed by atoms with Crippen LogP contribution in [0.4, 0.5) is 0 Å². The summed E-state index contributed by atoms with van der Waals surface area (Å²) in [5.74, 6) is 1.37. The summed E-state index contributed by atoms with van der Waals surface area (Å²) in [4.78, 5) is 13.6. The zero-order valence-corrected chi connectivity index (χ0v) is 10.9. The minimum atomic E-state index is 0.0773. The van der Waals surface area contributed by atoms with Crippen molar-refractivity contribution in [1.82, 2.24) is 4.90 Å². The molecule has 4 heteroatoms. The maximum atomic E-state index is 11.7. The fourth-order valence-electron chi connectivity index (χ4n) is 2.35. The molecule has 0 bridgehead atoms. The van der Waals surface area contributed by atoms with Gasteiger partial charge in [-0.05, 0) is 24.1 Å². The van der Waals surface area contributed by atoms with E-state index in [4.69, 9.17) is 9.47 Å². The SMILES string of the molecule is COCC(=O)N1CC[C@@H](c2ccc(OC)cc2)C1. The summed E-state index contributed by atoms with van der Waals surface area (Å²) >= 11 is 0. The molecule has 1 heterocycles. The van der Waals surface area contributed by atoms with Crippen LogP contribution in [0, 0.1) is 0 Å². The number of hydrogen-bond acceptors (Lipinski definition) is 3. The predicted octanol–water partition coefficient (Wildman–Crippen LogP) is 1.66. The highest BCUT2D eigenvalue weighted by Crippen LogP contribution is 2.28. The Morgan fingerprint density at radius 3 is 2.67 bits per heavy atom. The molecule has 98 valence electrons. The van der Waals surface area contributed by atoms with Crippen LogP contribution in [0.1, 0.15) is 17.9 Å². The molecule has 1 saturated heterocycles. The van der Waals surface area contributed by atoms with E-state index in [0.717, 1.165) is 25.3 Å². The summed E-state index contributed by atoms with van der Waals surface area (Å²) in [6.45, 7) is 1.78. The summed E-state index contributed by atoms with van der Waals surface area (Å²) in [7, 11) is 3.21. The number of benzene rings is 1. The van der Waals surface area contributed by atoms with Gasteiger partial charge in [0.2, 0.25) is 5.91 Å². The number of amides is 1. The number of hydrogen-bond donors (Lipinski definition) is 0. The van der Waals surface area contributed by atoms with E-state index in [2.05, 4.69) is 12.1 Å². The van der Waals surface area contributed by atoms with Gasteiger partial charge in [-0.2, -0.15) is 0 Å². The van der Waals surface area contributed by atoms with Gasteiger partial charge in [-0.25, -0.2) is 0 Å². The summed E-state index contributed by atoms with van der Waals surface area (Å²) in [6, 6.07) is 8.09. The molecule has 0 unspecified atom stereocenters. The Hall–Kier alpha value is -1.55. The van der Waals surface area contributed by atoms with Crippen molar-refractivity contribution in [1.29, 1.82) is 0 Å². The van der Waals surface area contributed by atoms with Crippen LogP contribution in [0.5, 0.6) is 5.75 Å². The molecule has 1 aromatic carbocycles. The maximum absolute atomic E-state index is 11.7. The molecule has 1 aliphatic heterocycles. The van der Waals surface area contributed by atoms with Gasteiger partial charge in [0, 0.05) is 26.1 Å². The number of carbonyl (C=O) groups excluding carboxylic acids is 1. The van der Waals surface area contributed by atoms with Crippen molar-refractivity contribution in [2.75, 3.05) is 33.9 Å². The Labute approximate surface area is 107 Å². The van der Waals surface area contributed by atoms with E-state index < -0.39 is 0 Å². The summed E-state index contributed by atoms with van der Waals surface area (Å²) in [5, 5.41) is 0. The molecule has 0 radical (unpaired) electrons. The van der Waals surface area contributed by atoms with Gasteiger partial charge in [0.15, 0.2) is 0 Å². The lowest BCUT2D eigenvalue weighted by Crippen LogP contribution is -2.31. The molecule has 0 spiro atoms. The Morgan fingerprint density at radius 2 is 2.06 bits per heavy atom. The minimum Gasteiger partial charge on any atom is -0.497 e. The molecule has 1 aliphatic rings. The standard InChI is InChI=1S/C14H19NO3/c1-17-10-14(16)15-8-7-12(9-15)11-3-5-13(18-2)6-4-11/h3-6,12H,7-10H2,1-2H3/t12-/m1/s1. The average Bonchev–Trinajstić information content (AvgIpc) is 2.89. The zero-order chi connectivity index (χ0) is 13.0. The lowest BCUT2D eigenvalue weighted by atomic mass is 9.98. The van der Waals surface area contributed by atoms with Crippen LogP contribution in [0.2, 0.25) is 0 Å². The van der Waals surface area contributed by atoms with E-state index in [-0.39, 0.29) is 12.5 Å². The van der Waals surface area contributed by atoms with Gasteiger partial charge in [0.25, 0.3) is 0 Å². The summed E-state index contributed by atoms with van der Waals surface area (Å²) in [6.07, 6.45) is 1.02. The quantitative estimate of drug-likeness (QED) is 0.814. The number of rotatable bonds is 4. The smallest absolute Gasteiger partial charge is 0.248 e. The second kappa shape index (κ2) is 5.87. The largest absolute Gasteiger partial charge is 0.497 e. The van der Waals surface area contributed by atoms with Crippen LogP contribution in [0.25, 0.3) is 0 Å². The molecule has 0 aliphatic carbocycles. The van der Waals surface area contributed by atoms with Crippen molar-refractivity contribution in [2.24, 2.45) is 0 Å². The van der Waals surface area contributed by atoms with Gasteiger partial charge in [-0.3, -0.25) is 4.79 Å². The minimum absolute atomic E-state index is 0.0773.